The lowest BCUT2D eigenvalue weighted by atomic mass is 9.36. The van der Waals surface area contributed by atoms with E-state index in [2.05, 4.69) is 52.8 Å². The van der Waals surface area contributed by atoms with Gasteiger partial charge in [0.15, 0.2) is 5.82 Å². The van der Waals surface area contributed by atoms with Crippen LogP contribution in [0.3, 0.4) is 0 Å². The van der Waals surface area contributed by atoms with Crippen molar-refractivity contribution in [2.24, 2.45) is 39.9 Å². The van der Waals surface area contributed by atoms with Gasteiger partial charge in [0.05, 0.1) is 12.2 Å². The average Bonchev–Trinajstić information content (AvgIpc) is 3.47. The highest BCUT2D eigenvalue weighted by Gasteiger charge is 2.70. The summed E-state index contributed by atoms with van der Waals surface area (Å²) >= 11 is 0. The number of hydrogen-bond donors (Lipinski definition) is 2. The minimum atomic E-state index is -0.479. The van der Waals surface area contributed by atoms with E-state index in [0.717, 1.165) is 49.7 Å². The Hall–Kier alpha value is -1.99. The second-order valence-electron chi connectivity index (χ2n) is 14.7. The van der Waals surface area contributed by atoms with Crippen molar-refractivity contribution in [3.05, 3.63) is 28.9 Å². The SMILES string of the molecule is CCc1noc(/C(CCC=C(C)C)=C2\[C@@H](OC(C)=O)C[C@@]3(C)[C@H]2C[C@@H](O)[C@H]2[C@@]4(C)CC[C@@H](O)[C@@H](C)[C@@H]4CC[C@@]23C)n1. The van der Waals surface area contributed by atoms with Gasteiger partial charge in [0, 0.05) is 18.9 Å². The van der Waals surface area contributed by atoms with Crippen LogP contribution in [0, 0.1) is 39.9 Å². The summed E-state index contributed by atoms with van der Waals surface area (Å²) in [5, 5.41) is 27.2. The number of aromatic nitrogens is 2. The zero-order valence-electron chi connectivity index (χ0n) is 26.5. The van der Waals surface area contributed by atoms with Crippen LogP contribution in [0.25, 0.3) is 5.57 Å². The van der Waals surface area contributed by atoms with Crippen LogP contribution < -0.4 is 0 Å². The van der Waals surface area contributed by atoms with Crippen molar-refractivity contribution < 1.29 is 24.3 Å². The number of rotatable bonds is 6. The third-order valence-corrected chi connectivity index (χ3v) is 12.4. The van der Waals surface area contributed by atoms with Crippen LogP contribution >= 0.6 is 0 Å². The molecular weight excluding hydrogens is 516 g/mol. The molecule has 2 N–H and O–H groups in total. The van der Waals surface area contributed by atoms with E-state index >= 15 is 0 Å². The molecule has 0 unspecified atom stereocenters. The highest BCUT2D eigenvalue weighted by molar-refractivity contribution is 5.70. The van der Waals surface area contributed by atoms with Gasteiger partial charge in [-0.15, -0.1) is 0 Å². The minimum Gasteiger partial charge on any atom is -0.458 e. The van der Waals surface area contributed by atoms with Gasteiger partial charge in [-0.2, -0.15) is 4.98 Å². The Balaban J connectivity index is 1.65. The molecule has 10 atom stereocenters. The predicted octanol–water partition coefficient (Wildman–Crippen LogP) is 6.68. The van der Waals surface area contributed by atoms with Crippen LogP contribution in [-0.2, 0) is 16.0 Å². The predicted molar refractivity (Wildman–Crippen MR) is 158 cm³/mol. The fourth-order valence-corrected chi connectivity index (χ4v) is 10.3. The zero-order valence-corrected chi connectivity index (χ0v) is 26.5. The molecule has 7 nitrogen and oxygen atoms in total. The van der Waals surface area contributed by atoms with E-state index in [9.17, 15) is 15.0 Å². The van der Waals surface area contributed by atoms with Gasteiger partial charge in [0.1, 0.15) is 6.10 Å². The maximum atomic E-state index is 12.5. The molecule has 1 aromatic rings. The zero-order chi connectivity index (χ0) is 29.9. The number of carbonyl (C=O) groups is 1. The van der Waals surface area contributed by atoms with Gasteiger partial charge in [-0.05, 0) is 111 Å². The van der Waals surface area contributed by atoms with Crippen molar-refractivity contribution in [2.75, 3.05) is 0 Å². The molecule has 4 saturated carbocycles. The van der Waals surface area contributed by atoms with Crippen molar-refractivity contribution in [2.45, 2.75) is 131 Å². The summed E-state index contributed by atoms with van der Waals surface area (Å²) < 4.78 is 12.0. The van der Waals surface area contributed by atoms with Gasteiger partial charge in [-0.1, -0.05) is 51.4 Å². The number of carbonyl (C=O) groups excluding carboxylic acids is 1. The number of fused-ring (bicyclic) bond motifs is 5. The lowest BCUT2D eigenvalue weighted by Crippen LogP contribution is -2.65. The number of allylic oxidation sites excluding steroid dienone is 3. The first-order valence-corrected chi connectivity index (χ1v) is 16.0. The first-order valence-electron chi connectivity index (χ1n) is 16.0. The first-order chi connectivity index (χ1) is 19.3. The molecule has 5 rings (SSSR count). The van der Waals surface area contributed by atoms with Crippen molar-refractivity contribution in [1.29, 1.82) is 0 Å². The Morgan fingerprint density at radius 2 is 1.83 bits per heavy atom. The third kappa shape index (κ3) is 4.83. The van der Waals surface area contributed by atoms with Crippen molar-refractivity contribution in [3.8, 4) is 0 Å². The van der Waals surface area contributed by atoms with Gasteiger partial charge in [0.25, 0.3) is 5.89 Å². The van der Waals surface area contributed by atoms with E-state index in [4.69, 9.17) is 14.2 Å². The lowest BCUT2D eigenvalue weighted by Gasteiger charge is -2.69. The van der Waals surface area contributed by atoms with E-state index in [1.54, 1.807) is 0 Å². The summed E-state index contributed by atoms with van der Waals surface area (Å²) in [6.07, 6.45) is 8.43. The fraction of sp³-hybridized carbons (Fsp3) is 0.794. The lowest BCUT2D eigenvalue weighted by molar-refractivity contribution is -0.234. The molecule has 0 radical (unpaired) electrons. The Kier molecular flexibility index (Phi) is 8.12. The standard InChI is InChI=1S/C34H52N2O5/c1-9-28-35-31(41-36-28)22(12-10-11-19(2)3)29-24-17-26(39)30-32(6)15-14-25(38)20(4)23(32)13-16-33(30,7)34(24,8)18-27(29)40-21(5)37/h11,20,23-27,30,38-39H,9-10,12-18H2,1-8H3/b29-22-/t20-,23-,24-,25+,26+,27-,30-,32-,33-,34-/m0/s1. The summed E-state index contributed by atoms with van der Waals surface area (Å²) in [6.45, 7) is 17.1. The number of nitrogens with zero attached hydrogens (tertiary/aromatic N) is 2. The molecule has 0 bridgehead atoms. The summed E-state index contributed by atoms with van der Waals surface area (Å²) in [5.41, 5.74) is 2.93. The highest BCUT2D eigenvalue weighted by atomic mass is 16.5. The smallest absolute Gasteiger partial charge is 0.303 e. The quantitative estimate of drug-likeness (QED) is 0.291. The van der Waals surface area contributed by atoms with Gasteiger partial charge in [0.2, 0.25) is 0 Å². The molecule has 0 amide bonds. The molecule has 4 fully saturated rings. The number of esters is 1. The van der Waals surface area contributed by atoms with E-state index in [1.165, 1.54) is 12.5 Å². The monoisotopic (exact) mass is 568 g/mol. The summed E-state index contributed by atoms with van der Waals surface area (Å²) in [6, 6.07) is 0. The maximum Gasteiger partial charge on any atom is 0.303 e. The molecule has 228 valence electrons. The maximum absolute atomic E-state index is 12.5. The molecule has 0 spiro atoms. The Labute approximate surface area is 246 Å². The third-order valence-electron chi connectivity index (χ3n) is 12.4. The molecular formula is C34H52N2O5. The normalized spacial score (nSPS) is 43.0. The molecule has 41 heavy (non-hydrogen) atoms. The van der Waals surface area contributed by atoms with Crippen LogP contribution in [0.5, 0.6) is 0 Å². The molecule has 4 aliphatic rings. The van der Waals surface area contributed by atoms with E-state index < -0.39 is 6.10 Å². The van der Waals surface area contributed by atoms with E-state index in [0.29, 0.717) is 36.9 Å². The summed E-state index contributed by atoms with van der Waals surface area (Å²) in [4.78, 5) is 17.3. The van der Waals surface area contributed by atoms with Crippen LogP contribution in [-0.4, -0.2) is 44.6 Å². The molecule has 1 aromatic heterocycles. The highest BCUT2D eigenvalue weighted by Crippen LogP contribution is 2.74. The number of aliphatic hydroxyl groups excluding tert-OH is 2. The van der Waals surface area contributed by atoms with Crippen molar-refractivity contribution in [1.82, 2.24) is 10.1 Å². The largest absolute Gasteiger partial charge is 0.458 e. The number of ether oxygens (including phenoxy) is 1. The molecule has 7 heteroatoms. The van der Waals surface area contributed by atoms with Crippen molar-refractivity contribution in [3.63, 3.8) is 0 Å². The van der Waals surface area contributed by atoms with Gasteiger partial charge < -0.3 is 19.5 Å². The number of aryl methyl sites for hydroxylation is 1. The molecule has 4 aliphatic carbocycles. The number of aliphatic hydroxyl groups is 2. The number of hydrogen-bond acceptors (Lipinski definition) is 7. The molecule has 0 aliphatic heterocycles. The van der Waals surface area contributed by atoms with Crippen LogP contribution in [0.2, 0.25) is 0 Å². The Morgan fingerprint density at radius 3 is 2.46 bits per heavy atom. The molecule has 0 aromatic carbocycles. The summed E-state index contributed by atoms with van der Waals surface area (Å²) in [5.74, 6) is 1.68. The Morgan fingerprint density at radius 1 is 1.10 bits per heavy atom. The van der Waals surface area contributed by atoms with Crippen LogP contribution in [0.4, 0.5) is 0 Å². The van der Waals surface area contributed by atoms with E-state index in [-0.39, 0.29) is 52.2 Å². The average molecular weight is 569 g/mol. The van der Waals surface area contributed by atoms with Crippen LogP contribution in [0.15, 0.2) is 21.7 Å². The second kappa shape index (κ2) is 10.9. The van der Waals surface area contributed by atoms with Crippen LogP contribution in [0.1, 0.15) is 118 Å². The van der Waals surface area contributed by atoms with Gasteiger partial charge in [-0.25, -0.2) is 0 Å². The van der Waals surface area contributed by atoms with Gasteiger partial charge >= 0.3 is 5.97 Å². The fourth-order valence-electron chi connectivity index (χ4n) is 10.3. The van der Waals surface area contributed by atoms with Gasteiger partial charge in [-0.3, -0.25) is 4.79 Å². The minimum absolute atomic E-state index is 0.0357. The topological polar surface area (TPSA) is 106 Å². The molecule has 1 heterocycles. The van der Waals surface area contributed by atoms with E-state index in [1.807, 2.05) is 6.92 Å². The first kappa shape index (κ1) is 30.5. The summed E-state index contributed by atoms with van der Waals surface area (Å²) in [7, 11) is 0. The van der Waals surface area contributed by atoms with Crippen molar-refractivity contribution >= 4 is 11.5 Å². The molecule has 0 saturated heterocycles. The second-order valence-corrected chi connectivity index (χ2v) is 14.7. The Bertz CT molecular complexity index is 1220.